The number of carbonyl (C=O) groups is 1. The molecular formula is C15H12Cl2N2O. The molecule has 2 N–H and O–H groups in total. The average Bonchev–Trinajstić information content (AvgIpc) is 2.86. The smallest absolute Gasteiger partial charge is 0.258 e. The summed E-state index contributed by atoms with van der Waals surface area (Å²) in [6.07, 6.45) is 0.813. The molecular weight excluding hydrogens is 295 g/mol. The molecule has 0 atom stereocenters. The van der Waals surface area contributed by atoms with E-state index in [9.17, 15) is 4.79 Å². The van der Waals surface area contributed by atoms with E-state index in [2.05, 4.69) is 0 Å². The van der Waals surface area contributed by atoms with Crippen LogP contribution in [0.4, 0.5) is 11.4 Å². The van der Waals surface area contributed by atoms with Crippen LogP contribution in [-0.2, 0) is 6.42 Å². The van der Waals surface area contributed by atoms with Gasteiger partial charge in [0.2, 0.25) is 0 Å². The molecule has 0 unspecified atom stereocenters. The van der Waals surface area contributed by atoms with Gasteiger partial charge in [-0.1, -0.05) is 35.3 Å². The third-order valence-electron chi connectivity index (χ3n) is 3.44. The molecule has 102 valence electrons. The first-order valence-electron chi connectivity index (χ1n) is 6.22. The summed E-state index contributed by atoms with van der Waals surface area (Å²) in [7, 11) is 0. The zero-order chi connectivity index (χ0) is 14.3. The van der Waals surface area contributed by atoms with Gasteiger partial charge in [-0.2, -0.15) is 0 Å². The van der Waals surface area contributed by atoms with Crippen LogP contribution in [0.3, 0.4) is 0 Å². The van der Waals surface area contributed by atoms with Crippen molar-refractivity contribution < 1.29 is 4.79 Å². The number of carbonyl (C=O) groups excluding carboxylic acids is 1. The number of amides is 1. The number of hydrogen-bond donors (Lipinski definition) is 1. The van der Waals surface area contributed by atoms with Gasteiger partial charge in [-0.15, -0.1) is 0 Å². The van der Waals surface area contributed by atoms with Gasteiger partial charge < -0.3 is 10.6 Å². The Morgan fingerprint density at radius 1 is 1.15 bits per heavy atom. The standard InChI is InChI=1S/C15H12Cl2N2O/c16-11-5-4-10(8-12(11)17)15(20)19-7-6-9-2-1-3-13(18)14(9)19/h1-5,8H,6-7,18H2. The van der Waals surface area contributed by atoms with Crippen molar-refractivity contribution >= 4 is 40.5 Å². The Morgan fingerprint density at radius 2 is 1.95 bits per heavy atom. The maximum Gasteiger partial charge on any atom is 0.258 e. The van der Waals surface area contributed by atoms with Gasteiger partial charge in [-0.3, -0.25) is 4.79 Å². The number of nitrogen functional groups attached to an aromatic ring is 1. The van der Waals surface area contributed by atoms with Gasteiger partial charge in [-0.05, 0) is 36.2 Å². The average molecular weight is 307 g/mol. The van der Waals surface area contributed by atoms with Gasteiger partial charge in [0, 0.05) is 12.1 Å². The van der Waals surface area contributed by atoms with Crippen molar-refractivity contribution in [3.05, 3.63) is 57.6 Å². The van der Waals surface area contributed by atoms with Crippen molar-refractivity contribution in [1.29, 1.82) is 0 Å². The predicted octanol–water partition coefficient (Wildman–Crippen LogP) is 3.78. The molecule has 3 rings (SSSR count). The number of rotatable bonds is 1. The summed E-state index contributed by atoms with van der Waals surface area (Å²) in [4.78, 5) is 14.3. The number of anilines is 2. The highest BCUT2D eigenvalue weighted by molar-refractivity contribution is 6.42. The normalized spacial score (nSPS) is 13.4. The molecule has 1 heterocycles. The van der Waals surface area contributed by atoms with Gasteiger partial charge in [0.05, 0.1) is 21.4 Å². The minimum absolute atomic E-state index is 0.111. The van der Waals surface area contributed by atoms with Crippen LogP contribution in [0.15, 0.2) is 36.4 Å². The fourth-order valence-corrected chi connectivity index (χ4v) is 2.77. The molecule has 20 heavy (non-hydrogen) atoms. The maximum absolute atomic E-state index is 12.6. The second-order valence-electron chi connectivity index (χ2n) is 4.69. The Morgan fingerprint density at radius 3 is 2.70 bits per heavy atom. The lowest BCUT2D eigenvalue weighted by molar-refractivity contribution is 0.0989. The molecule has 0 bridgehead atoms. The lowest BCUT2D eigenvalue weighted by Gasteiger charge is -2.19. The SMILES string of the molecule is Nc1cccc2c1N(C(=O)c1ccc(Cl)c(Cl)c1)CC2. The van der Waals surface area contributed by atoms with Gasteiger partial charge in [0.1, 0.15) is 0 Å². The highest BCUT2D eigenvalue weighted by Crippen LogP contribution is 2.35. The Balaban J connectivity index is 1.99. The first-order valence-corrected chi connectivity index (χ1v) is 6.98. The van der Waals surface area contributed by atoms with E-state index in [1.807, 2.05) is 12.1 Å². The number of benzene rings is 2. The van der Waals surface area contributed by atoms with Crippen molar-refractivity contribution in [2.24, 2.45) is 0 Å². The Bertz CT molecular complexity index is 700. The van der Waals surface area contributed by atoms with Crippen molar-refractivity contribution in [1.82, 2.24) is 0 Å². The lowest BCUT2D eigenvalue weighted by Crippen LogP contribution is -2.29. The lowest BCUT2D eigenvalue weighted by atomic mass is 10.1. The van der Waals surface area contributed by atoms with E-state index in [4.69, 9.17) is 28.9 Å². The summed E-state index contributed by atoms with van der Waals surface area (Å²) in [6.45, 7) is 0.628. The van der Waals surface area contributed by atoms with E-state index < -0.39 is 0 Å². The molecule has 1 aliphatic rings. The molecule has 3 nitrogen and oxygen atoms in total. The monoisotopic (exact) mass is 306 g/mol. The number of nitrogens with zero attached hydrogens (tertiary/aromatic N) is 1. The molecule has 0 spiro atoms. The number of fused-ring (bicyclic) bond motifs is 1. The molecule has 0 saturated carbocycles. The molecule has 0 fully saturated rings. The number of halogens is 2. The largest absolute Gasteiger partial charge is 0.397 e. The van der Waals surface area contributed by atoms with Gasteiger partial charge in [-0.25, -0.2) is 0 Å². The van der Waals surface area contributed by atoms with Crippen LogP contribution in [0.1, 0.15) is 15.9 Å². The zero-order valence-electron chi connectivity index (χ0n) is 10.6. The van der Waals surface area contributed by atoms with Crippen molar-refractivity contribution in [2.75, 3.05) is 17.2 Å². The predicted molar refractivity (Wildman–Crippen MR) is 82.7 cm³/mol. The molecule has 0 radical (unpaired) electrons. The molecule has 0 aromatic heterocycles. The molecule has 0 aliphatic carbocycles. The fraction of sp³-hybridized carbons (Fsp3) is 0.133. The highest BCUT2D eigenvalue weighted by atomic mass is 35.5. The molecule has 2 aromatic carbocycles. The van der Waals surface area contributed by atoms with Crippen molar-refractivity contribution in [2.45, 2.75) is 6.42 Å². The number of hydrogen-bond acceptors (Lipinski definition) is 2. The number of nitrogens with two attached hydrogens (primary N) is 1. The maximum atomic E-state index is 12.6. The molecule has 5 heteroatoms. The van der Waals surface area contributed by atoms with E-state index >= 15 is 0 Å². The van der Waals surface area contributed by atoms with E-state index in [1.165, 1.54) is 0 Å². The summed E-state index contributed by atoms with van der Waals surface area (Å²) in [5.41, 5.74) is 9.02. The van der Waals surface area contributed by atoms with Crippen LogP contribution in [0.25, 0.3) is 0 Å². The molecule has 1 amide bonds. The Hall–Kier alpha value is -1.71. The van der Waals surface area contributed by atoms with Crippen LogP contribution in [0.5, 0.6) is 0 Å². The van der Waals surface area contributed by atoms with Gasteiger partial charge in [0.25, 0.3) is 5.91 Å². The van der Waals surface area contributed by atoms with Crippen molar-refractivity contribution in [3.8, 4) is 0 Å². The summed E-state index contributed by atoms with van der Waals surface area (Å²) in [6, 6.07) is 10.6. The Labute approximate surface area is 126 Å². The van der Waals surface area contributed by atoms with Crippen LogP contribution in [-0.4, -0.2) is 12.5 Å². The van der Waals surface area contributed by atoms with Crippen LogP contribution >= 0.6 is 23.2 Å². The minimum Gasteiger partial charge on any atom is -0.397 e. The first-order chi connectivity index (χ1) is 9.58. The van der Waals surface area contributed by atoms with Gasteiger partial charge >= 0.3 is 0 Å². The van der Waals surface area contributed by atoms with Crippen LogP contribution in [0, 0.1) is 0 Å². The number of para-hydroxylation sites is 1. The zero-order valence-corrected chi connectivity index (χ0v) is 12.1. The Kier molecular flexibility index (Phi) is 3.32. The molecule has 0 saturated heterocycles. The van der Waals surface area contributed by atoms with E-state index in [1.54, 1.807) is 29.2 Å². The van der Waals surface area contributed by atoms with E-state index in [-0.39, 0.29) is 5.91 Å². The third-order valence-corrected chi connectivity index (χ3v) is 4.18. The van der Waals surface area contributed by atoms with Gasteiger partial charge in [0.15, 0.2) is 0 Å². The van der Waals surface area contributed by atoms with Crippen LogP contribution in [0.2, 0.25) is 10.0 Å². The summed E-state index contributed by atoms with van der Waals surface area (Å²) in [5.74, 6) is -0.111. The fourth-order valence-electron chi connectivity index (χ4n) is 2.47. The highest BCUT2D eigenvalue weighted by Gasteiger charge is 2.27. The second kappa shape index (κ2) is 5.00. The molecule has 2 aromatic rings. The van der Waals surface area contributed by atoms with Crippen molar-refractivity contribution in [3.63, 3.8) is 0 Å². The summed E-state index contributed by atoms with van der Waals surface area (Å²) >= 11 is 11.8. The van der Waals surface area contributed by atoms with E-state index in [0.29, 0.717) is 27.8 Å². The topological polar surface area (TPSA) is 46.3 Å². The summed E-state index contributed by atoms with van der Waals surface area (Å²) in [5, 5.41) is 0.808. The first kappa shape index (κ1) is 13.3. The minimum atomic E-state index is -0.111. The van der Waals surface area contributed by atoms with Crippen LogP contribution < -0.4 is 10.6 Å². The van der Waals surface area contributed by atoms with E-state index in [0.717, 1.165) is 17.7 Å². The summed E-state index contributed by atoms with van der Waals surface area (Å²) < 4.78 is 0. The third kappa shape index (κ3) is 2.13. The molecule has 1 aliphatic heterocycles. The quantitative estimate of drug-likeness (QED) is 0.815. The second-order valence-corrected chi connectivity index (χ2v) is 5.51.